The van der Waals surface area contributed by atoms with E-state index in [1.165, 1.54) is 0 Å². The molecule has 1 aromatic carbocycles. The molecule has 1 aliphatic rings. The molecule has 25 heavy (non-hydrogen) atoms. The molecular weight excluding hydrogens is 338 g/mol. The quantitative estimate of drug-likeness (QED) is 0.834. The Morgan fingerprint density at radius 3 is 2.28 bits per heavy atom. The third kappa shape index (κ3) is 5.63. The van der Waals surface area contributed by atoms with Crippen molar-refractivity contribution >= 4 is 29.2 Å². The predicted octanol–water partition coefficient (Wildman–Crippen LogP) is 3.77. The largest absolute Gasteiger partial charge is 0.333 e. The van der Waals surface area contributed by atoms with Crippen LogP contribution in [0.1, 0.15) is 34.1 Å². The van der Waals surface area contributed by atoms with Crippen LogP contribution in [0.2, 0.25) is 5.02 Å². The summed E-state index contributed by atoms with van der Waals surface area (Å²) < 4.78 is 0. The van der Waals surface area contributed by atoms with E-state index in [9.17, 15) is 9.59 Å². The average molecular weight is 366 g/mol. The van der Waals surface area contributed by atoms with Crippen molar-refractivity contribution in [1.29, 1.82) is 0 Å². The maximum absolute atomic E-state index is 12.6. The summed E-state index contributed by atoms with van der Waals surface area (Å²) in [5.41, 5.74) is 0.812. The van der Waals surface area contributed by atoms with E-state index in [2.05, 4.69) is 33.0 Å². The summed E-state index contributed by atoms with van der Waals surface area (Å²) in [6.07, 6.45) is 0.325. The second kappa shape index (κ2) is 8.56. The summed E-state index contributed by atoms with van der Waals surface area (Å²) in [5, 5.41) is 3.67. The second-order valence-corrected chi connectivity index (χ2v) is 7.96. The van der Waals surface area contributed by atoms with Crippen LogP contribution in [-0.4, -0.2) is 42.5 Å². The molecule has 0 aromatic heterocycles. The van der Waals surface area contributed by atoms with Gasteiger partial charge in [-0.2, -0.15) is 0 Å². The van der Waals surface area contributed by atoms with Gasteiger partial charge in [0.2, 0.25) is 5.91 Å². The van der Waals surface area contributed by atoms with Crippen LogP contribution in [0.15, 0.2) is 24.3 Å². The van der Waals surface area contributed by atoms with E-state index in [1.54, 1.807) is 17.0 Å². The average Bonchev–Trinajstić information content (AvgIpc) is 2.87. The first kappa shape index (κ1) is 19.6. The molecule has 3 amide bonds. The van der Waals surface area contributed by atoms with Crippen molar-refractivity contribution in [2.45, 2.75) is 40.2 Å². The highest BCUT2D eigenvalue weighted by Gasteiger charge is 2.32. The number of nitrogens with one attached hydrogen (secondary N) is 1. The number of amides is 3. The Labute approximate surface area is 155 Å². The fourth-order valence-electron chi connectivity index (χ4n) is 3.06. The molecule has 1 N–H and O–H groups in total. The first-order valence-electron chi connectivity index (χ1n) is 8.87. The van der Waals surface area contributed by atoms with E-state index in [-0.39, 0.29) is 18.0 Å². The monoisotopic (exact) mass is 365 g/mol. The zero-order valence-electron chi connectivity index (χ0n) is 15.5. The molecule has 1 saturated heterocycles. The lowest BCUT2D eigenvalue weighted by Gasteiger charge is -2.28. The van der Waals surface area contributed by atoms with Gasteiger partial charge in [0, 0.05) is 36.8 Å². The lowest BCUT2D eigenvalue weighted by molar-refractivity contribution is -0.117. The minimum atomic E-state index is -0.169. The van der Waals surface area contributed by atoms with Crippen molar-refractivity contribution in [3.8, 4) is 0 Å². The van der Waals surface area contributed by atoms with Crippen molar-refractivity contribution in [3.05, 3.63) is 29.3 Å². The zero-order valence-corrected chi connectivity index (χ0v) is 16.2. The number of hydrogen-bond donors (Lipinski definition) is 1. The van der Waals surface area contributed by atoms with Gasteiger partial charge in [-0.25, -0.2) is 4.79 Å². The molecule has 1 aliphatic heterocycles. The number of urea groups is 1. The third-order valence-electron chi connectivity index (χ3n) is 4.05. The predicted molar refractivity (Wildman–Crippen MR) is 102 cm³/mol. The number of benzene rings is 1. The topological polar surface area (TPSA) is 52.7 Å². The molecule has 2 rings (SSSR count). The number of rotatable bonds is 6. The lowest BCUT2D eigenvalue weighted by Crippen LogP contribution is -2.48. The van der Waals surface area contributed by atoms with Crippen LogP contribution >= 0.6 is 11.6 Å². The van der Waals surface area contributed by atoms with Gasteiger partial charge in [0.15, 0.2) is 0 Å². The molecule has 0 bridgehead atoms. The summed E-state index contributed by atoms with van der Waals surface area (Å²) >= 11 is 5.90. The van der Waals surface area contributed by atoms with Gasteiger partial charge >= 0.3 is 6.03 Å². The van der Waals surface area contributed by atoms with Gasteiger partial charge in [-0.15, -0.1) is 0 Å². The Morgan fingerprint density at radius 1 is 1.20 bits per heavy atom. The first-order valence-corrected chi connectivity index (χ1v) is 9.25. The number of carbonyl (C=O) groups is 2. The second-order valence-electron chi connectivity index (χ2n) is 7.52. The Kier molecular flexibility index (Phi) is 6.71. The lowest BCUT2D eigenvalue weighted by atomic mass is 10.1. The maximum atomic E-state index is 12.6. The standard InChI is InChI=1S/C19H28ClN3O2/c1-13(2)10-22(11-14(3)4)19(25)21-16-9-18(24)23(12-16)17-7-5-15(20)6-8-17/h5-8,13-14,16H,9-12H2,1-4H3,(H,21,25)/t16-/m1/s1. The summed E-state index contributed by atoms with van der Waals surface area (Å²) in [4.78, 5) is 28.5. The molecule has 1 aromatic rings. The van der Waals surface area contributed by atoms with E-state index in [1.807, 2.05) is 17.0 Å². The van der Waals surface area contributed by atoms with E-state index in [0.29, 0.717) is 42.9 Å². The smallest absolute Gasteiger partial charge is 0.317 e. The number of carbonyl (C=O) groups excluding carboxylic acids is 2. The van der Waals surface area contributed by atoms with Crippen molar-refractivity contribution < 1.29 is 9.59 Å². The van der Waals surface area contributed by atoms with Crippen LogP contribution in [0.25, 0.3) is 0 Å². The van der Waals surface area contributed by atoms with Crippen LogP contribution < -0.4 is 10.2 Å². The number of anilines is 1. The molecule has 0 saturated carbocycles. The Hall–Kier alpha value is -1.75. The summed E-state index contributed by atoms with van der Waals surface area (Å²) in [6.45, 7) is 10.3. The van der Waals surface area contributed by atoms with Crippen LogP contribution in [0, 0.1) is 11.8 Å². The number of hydrogen-bond acceptors (Lipinski definition) is 2. The number of nitrogens with zero attached hydrogens (tertiary/aromatic N) is 2. The first-order chi connectivity index (χ1) is 11.8. The van der Waals surface area contributed by atoms with Gasteiger partial charge in [-0.1, -0.05) is 39.3 Å². The van der Waals surface area contributed by atoms with Gasteiger partial charge in [0.05, 0.1) is 6.04 Å². The van der Waals surface area contributed by atoms with Gasteiger partial charge in [-0.3, -0.25) is 4.79 Å². The molecule has 1 fully saturated rings. The SMILES string of the molecule is CC(C)CN(CC(C)C)C(=O)N[C@@H]1CC(=O)N(c2ccc(Cl)cc2)C1. The molecule has 6 heteroatoms. The molecule has 5 nitrogen and oxygen atoms in total. The van der Waals surface area contributed by atoms with Crippen molar-refractivity contribution in [1.82, 2.24) is 10.2 Å². The van der Waals surface area contributed by atoms with Gasteiger partial charge in [-0.05, 0) is 36.1 Å². The van der Waals surface area contributed by atoms with E-state index < -0.39 is 0 Å². The van der Waals surface area contributed by atoms with Crippen LogP contribution in [-0.2, 0) is 4.79 Å². The minimum absolute atomic E-state index is 0.0203. The molecule has 0 radical (unpaired) electrons. The molecular formula is C19H28ClN3O2. The fourth-order valence-corrected chi connectivity index (χ4v) is 3.19. The highest BCUT2D eigenvalue weighted by atomic mass is 35.5. The van der Waals surface area contributed by atoms with Crippen molar-refractivity contribution in [2.75, 3.05) is 24.5 Å². The van der Waals surface area contributed by atoms with Crippen LogP contribution in [0.4, 0.5) is 10.5 Å². The number of halogens is 1. The summed E-state index contributed by atoms with van der Waals surface area (Å²) in [6, 6.07) is 6.94. The molecule has 1 heterocycles. The van der Waals surface area contributed by atoms with Crippen LogP contribution in [0.5, 0.6) is 0 Å². The highest BCUT2D eigenvalue weighted by Crippen LogP contribution is 2.23. The van der Waals surface area contributed by atoms with Crippen molar-refractivity contribution in [2.24, 2.45) is 11.8 Å². The van der Waals surface area contributed by atoms with E-state index >= 15 is 0 Å². The van der Waals surface area contributed by atoms with E-state index in [0.717, 1.165) is 5.69 Å². The Balaban J connectivity index is 1.99. The molecule has 138 valence electrons. The Morgan fingerprint density at radius 2 is 1.76 bits per heavy atom. The zero-order chi connectivity index (χ0) is 18.6. The summed E-state index contributed by atoms with van der Waals surface area (Å²) in [5.74, 6) is 0.826. The molecule has 0 unspecified atom stereocenters. The third-order valence-corrected chi connectivity index (χ3v) is 4.30. The maximum Gasteiger partial charge on any atom is 0.317 e. The molecule has 0 aliphatic carbocycles. The van der Waals surface area contributed by atoms with Gasteiger partial charge < -0.3 is 15.1 Å². The normalized spacial score (nSPS) is 17.5. The minimum Gasteiger partial charge on any atom is -0.333 e. The van der Waals surface area contributed by atoms with Crippen molar-refractivity contribution in [3.63, 3.8) is 0 Å². The van der Waals surface area contributed by atoms with Gasteiger partial charge in [0.1, 0.15) is 0 Å². The molecule has 1 atom stereocenters. The Bertz CT molecular complexity index is 591. The fraction of sp³-hybridized carbons (Fsp3) is 0.579. The molecule has 0 spiro atoms. The summed E-state index contributed by atoms with van der Waals surface area (Å²) in [7, 11) is 0. The van der Waals surface area contributed by atoms with Crippen LogP contribution in [0.3, 0.4) is 0 Å². The van der Waals surface area contributed by atoms with E-state index in [4.69, 9.17) is 11.6 Å². The van der Waals surface area contributed by atoms with Gasteiger partial charge in [0.25, 0.3) is 0 Å². The highest BCUT2D eigenvalue weighted by molar-refractivity contribution is 6.30.